The van der Waals surface area contributed by atoms with Crippen molar-refractivity contribution in [3.05, 3.63) is 72.2 Å². The minimum Gasteiger partial charge on any atom is -0.491 e. The number of Topliss-reactive ketones (excluding diaryl/α,β-unsaturated/α-hetero) is 1. The van der Waals surface area contributed by atoms with E-state index in [4.69, 9.17) is 4.74 Å². The first-order chi connectivity index (χ1) is 13.9. The number of hydrogen-bond donors (Lipinski definition) is 2. The van der Waals surface area contributed by atoms with Crippen molar-refractivity contribution in [2.75, 3.05) is 10.6 Å². The Labute approximate surface area is 169 Å². The molecule has 0 aliphatic rings. The largest absolute Gasteiger partial charge is 0.491 e. The highest BCUT2D eigenvalue weighted by Gasteiger charge is 2.10. The van der Waals surface area contributed by atoms with Crippen LogP contribution in [-0.4, -0.2) is 27.8 Å². The van der Waals surface area contributed by atoms with Crippen molar-refractivity contribution in [1.29, 1.82) is 0 Å². The molecule has 7 heteroatoms. The number of benzene rings is 2. The van der Waals surface area contributed by atoms with Gasteiger partial charge in [0.1, 0.15) is 23.6 Å². The third kappa shape index (κ3) is 5.62. The van der Waals surface area contributed by atoms with Gasteiger partial charge in [0.15, 0.2) is 5.78 Å². The minimum atomic E-state index is -0.356. The lowest BCUT2D eigenvalue weighted by molar-refractivity contribution is 0.101. The Hall–Kier alpha value is -3.74. The molecule has 148 valence electrons. The van der Waals surface area contributed by atoms with Gasteiger partial charge < -0.3 is 15.4 Å². The Morgan fingerprint density at radius 1 is 0.966 bits per heavy atom. The first kappa shape index (κ1) is 20.0. The third-order valence-electron chi connectivity index (χ3n) is 3.93. The summed E-state index contributed by atoms with van der Waals surface area (Å²) >= 11 is 0. The Morgan fingerprint density at radius 3 is 2.41 bits per heavy atom. The number of carbonyl (C=O) groups excluding carboxylic acids is 2. The van der Waals surface area contributed by atoms with Crippen molar-refractivity contribution in [3.8, 4) is 5.75 Å². The van der Waals surface area contributed by atoms with Gasteiger partial charge in [-0.05, 0) is 57.2 Å². The lowest BCUT2D eigenvalue weighted by Crippen LogP contribution is -2.14. The molecule has 1 heterocycles. The number of nitrogens with one attached hydrogen (secondary N) is 2. The number of carbonyl (C=O) groups is 2. The van der Waals surface area contributed by atoms with Crippen LogP contribution in [0.2, 0.25) is 0 Å². The van der Waals surface area contributed by atoms with E-state index >= 15 is 0 Å². The van der Waals surface area contributed by atoms with Crippen LogP contribution in [0.5, 0.6) is 5.75 Å². The average molecular weight is 390 g/mol. The van der Waals surface area contributed by atoms with Gasteiger partial charge in [0, 0.05) is 23.0 Å². The molecule has 0 saturated heterocycles. The zero-order valence-corrected chi connectivity index (χ0v) is 16.5. The van der Waals surface area contributed by atoms with Gasteiger partial charge in [-0.15, -0.1) is 0 Å². The first-order valence-electron chi connectivity index (χ1n) is 9.19. The topological polar surface area (TPSA) is 93.2 Å². The molecule has 0 atom stereocenters. The van der Waals surface area contributed by atoms with Crippen LogP contribution < -0.4 is 15.4 Å². The van der Waals surface area contributed by atoms with E-state index in [1.54, 1.807) is 48.5 Å². The maximum Gasteiger partial charge on any atom is 0.274 e. The Kier molecular flexibility index (Phi) is 6.19. The molecule has 0 bridgehead atoms. The predicted molar refractivity (Wildman–Crippen MR) is 112 cm³/mol. The first-order valence-corrected chi connectivity index (χ1v) is 9.19. The predicted octanol–water partition coefficient (Wildman–Crippen LogP) is 4.46. The molecule has 2 aromatic carbocycles. The highest BCUT2D eigenvalue weighted by Crippen LogP contribution is 2.19. The molecule has 0 saturated carbocycles. The number of aromatic nitrogens is 2. The van der Waals surface area contributed by atoms with Crippen molar-refractivity contribution in [2.45, 2.75) is 26.9 Å². The number of hydrogen-bond acceptors (Lipinski definition) is 6. The van der Waals surface area contributed by atoms with Gasteiger partial charge in [-0.3, -0.25) is 9.59 Å². The quantitative estimate of drug-likeness (QED) is 0.579. The van der Waals surface area contributed by atoms with Crippen LogP contribution in [0, 0.1) is 0 Å². The van der Waals surface area contributed by atoms with Gasteiger partial charge in [-0.1, -0.05) is 12.1 Å². The van der Waals surface area contributed by atoms with Crippen molar-refractivity contribution < 1.29 is 14.3 Å². The fraction of sp³-hybridized carbons (Fsp3) is 0.182. The van der Waals surface area contributed by atoms with Crippen molar-refractivity contribution in [1.82, 2.24) is 9.97 Å². The second-order valence-corrected chi connectivity index (χ2v) is 6.70. The van der Waals surface area contributed by atoms with Gasteiger partial charge in [0.05, 0.1) is 6.10 Å². The molecule has 0 aliphatic carbocycles. The smallest absolute Gasteiger partial charge is 0.274 e. The second kappa shape index (κ2) is 8.97. The van der Waals surface area contributed by atoms with E-state index in [-0.39, 0.29) is 23.5 Å². The lowest BCUT2D eigenvalue weighted by atomic mass is 10.1. The molecule has 7 nitrogen and oxygen atoms in total. The van der Waals surface area contributed by atoms with Crippen molar-refractivity contribution in [2.24, 2.45) is 0 Å². The molecule has 0 unspecified atom stereocenters. The number of ketones is 1. The number of anilines is 3. The Morgan fingerprint density at radius 2 is 1.72 bits per heavy atom. The van der Waals surface area contributed by atoms with Crippen LogP contribution in [0.25, 0.3) is 0 Å². The summed E-state index contributed by atoms with van der Waals surface area (Å²) in [6.45, 7) is 5.41. The fourth-order valence-corrected chi connectivity index (χ4v) is 2.60. The Balaban J connectivity index is 1.69. The molecule has 1 amide bonds. The van der Waals surface area contributed by atoms with Gasteiger partial charge in [-0.2, -0.15) is 0 Å². The van der Waals surface area contributed by atoms with Gasteiger partial charge >= 0.3 is 0 Å². The van der Waals surface area contributed by atoms with Crippen molar-refractivity contribution >= 4 is 28.9 Å². The van der Waals surface area contributed by atoms with Crippen molar-refractivity contribution in [3.63, 3.8) is 0 Å². The number of amides is 1. The van der Waals surface area contributed by atoms with Crippen LogP contribution in [0.3, 0.4) is 0 Å². The molecule has 3 rings (SSSR count). The summed E-state index contributed by atoms with van der Waals surface area (Å²) in [6, 6.07) is 15.7. The van der Waals surface area contributed by atoms with Gasteiger partial charge in [0.2, 0.25) is 0 Å². The van der Waals surface area contributed by atoms with E-state index in [2.05, 4.69) is 20.6 Å². The molecule has 3 aromatic rings. The maximum atomic E-state index is 12.5. The van der Waals surface area contributed by atoms with E-state index < -0.39 is 0 Å². The SMILES string of the molecule is CC(=O)c1cccc(Nc2cc(C(=O)Nc3ccc(OC(C)C)cc3)ncn2)c1. The summed E-state index contributed by atoms with van der Waals surface area (Å²) in [4.78, 5) is 32.2. The van der Waals surface area contributed by atoms with Crippen LogP contribution in [0.1, 0.15) is 41.6 Å². The lowest BCUT2D eigenvalue weighted by Gasteiger charge is -2.11. The molecule has 29 heavy (non-hydrogen) atoms. The standard InChI is InChI=1S/C22H22N4O3/c1-14(2)29-19-9-7-17(8-10-19)26-22(28)20-12-21(24-13-23-20)25-18-6-4-5-16(11-18)15(3)27/h4-14H,1-3H3,(H,26,28)(H,23,24,25). The zero-order valence-electron chi connectivity index (χ0n) is 16.5. The van der Waals surface area contributed by atoms with Crippen LogP contribution in [0.4, 0.5) is 17.2 Å². The molecule has 2 N–H and O–H groups in total. The highest BCUT2D eigenvalue weighted by atomic mass is 16.5. The van der Waals surface area contributed by atoms with E-state index in [0.29, 0.717) is 22.8 Å². The van der Waals surface area contributed by atoms with E-state index in [1.165, 1.54) is 13.3 Å². The van der Waals surface area contributed by atoms with Gasteiger partial charge in [-0.25, -0.2) is 9.97 Å². The van der Waals surface area contributed by atoms with Crippen LogP contribution in [-0.2, 0) is 0 Å². The number of rotatable bonds is 7. The maximum absolute atomic E-state index is 12.5. The second-order valence-electron chi connectivity index (χ2n) is 6.70. The van der Waals surface area contributed by atoms with E-state index in [1.807, 2.05) is 19.9 Å². The third-order valence-corrected chi connectivity index (χ3v) is 3.93. The summed E-state index contributed by atoms with van der Waals surface area (Å²) in [5.41, 5.74) is 2.14. The summed E-state index contributed by atoms with van der Waals surface area (Å²) in [6.07, 6.45) is 1.39. The summed E-state index contributed by atoms with van der Waals surface area (Å²) in [7, 11) is 0. The molecular weight excluding hydrogens is 368 g/mol. The summed E-state index contributed by atoms with van der Waals surface area (Å²) < 4.78 is 5.59. The van der Waals surface area contributed by atoms with E-state index in [9.17, 15) is 9.59 Å². The number of nitrogens with zero attached hydrogens (tertiary/aromatic N) is 2. The minimum absolute atomic E-state index is 0.0267. The molecule has 0 radical (unpaired) electrons. The summed E-state index contributed by atoms with van der Waals surface area (Å²) in [5, 5.41) is 5.88. The molecule has 1 aromatic heterocycles. The molecule has 0 fully saturated rings. The summed E-state index contributed by atoms with van der Waals surface area (Å²) in [5.74, 6) is 0.803. The van der Waals surface area contributed by atoms with Gasteiger partial charge in [0.25, 0.3) is 5.91 Å². The average Bonchev–Trinajstić information content (AvgIpc) is 2.69. The number of ether oxygens (including phenoxy) is 1. The Bertz CT molecular complexity index is 1020. The fourth-order valence-electron chi connectivity index (χ4n) is 2.60. The highest BCUT2D eigenvalue weighted by molar-refractivity contribution is 6.03. The molecule has 0 aliphatic heterocycles. The molecule has 0 spiro atoms. The normalized spacial score (nSPS) is 10.5. The van der Waals surface area contributed by atoms with Crippen LogP contribution >= 0.6 is 0 Å². The zero-order chi connectivity index (χ0) is 20.8. The monoisotopic (exact) mass is 390 g/mol. The van der Waals surface area contributed by atoms with E-state index in [0.717, 1.165) is 5.75 Å². The molecular formula is C22H22N4O3. The van der Waals surface area contributed by atoms with Crippen LogP contribution in [0.15, 0.2) is 60.9 Å².